The van der Waals surface area contributed by atoms with E-state index in [0.29, 0.717) is 12.2 Å². The highest BCUT2D eigenvalue weighted by Gasteiger charge is 2.45. The molecule has 0 radical (unpaired) electrons. The number of ketones is 1. The van der Waals surface area contributed by atoms with Gasteiger partial charge in [0, 0.05) is 24.6 Å². The van der Waals surface area contributed by atoms with Crippen LogP contribution in [0.2, 0.25) is 0 Å². The van der Waals surface area contributed by atoms with Gasteiger partial charge in [-0.2, -0.15) is 0 Å². The van der Waals surface area contributed by atoms with Crippen LogP contribution in [-0.2, 0) is 35.3 Å². The Balaban J connectivity index is 1.48. The molecule has 0 aromatic heterocycles. The van der Waals surface area contributed by atoms with Crippen molar-refractivity contribution in [1.82, 2.24) is 26.2 Å². The van der Waals surface area contributed by atoms with Crippen molar-refractivity contribution in [2.24, 2.45) is 5.92 Å². The summed E-state index contributed by atoms with van der Waals surface area (Å²) in [4.78, 5) is 82.1. The quantitative estimate of drug-likeness (QED) is 0.198. The Kier molecular flexibility index (Phi) is 14.8. The van der Waals surface area contributed by atoms with Crippen LogP contribution in [-0.4, -0.2) is 84.3 Å². The molecule has 2 aromatic rings. The molecule has 1 aliphatic carbocycles. The number of likely N-dealkylation sites (tertiary alicyclic amines) is 1. The number of methoxy groups -OCH3 is 1. The molecule has 4 unspecified atom stereocenters. The molecule has 53 heavy (non-hydrogen) atoms. The van der Waals surface area contributed by atoms with Crippen LogP contribution in [0.4, 0.5) is 4.79 Å². The van der Waals surface area contributed by atoms with E-state index in [2.05, 4.69) is 21.3 Å². The monoisotopic (exact) mass is 733 g/mol. The molecule has 13 nitrogen and oxygen atoms in total. The predicted molar refractivity (Wildman–Crippen MR) is 199 cm³/mol. The van der Waals surface area contributed by atoms with Gasteiger partial charge >= 0.3 is 6.09 Å². The number of hydrogen-bond acceptors (Lipinski definition) is 8. The lowest BCUT2D eigenvalue weighted by Crippen LogP contribution is -2.58. The lowest BCUT2D eigenvalue weighted by Gasteiger charge is -2.35. The van der Waals surface area contributed by atoms with E-state index in [1.54, 1.807) is 32.9 Å². The number of nitrogens with zero attached hydrogens (tertiary/aromatic N) is 1. The zero-order valence-electron chi connectivity index (χ0n) is 31.6. The maximum absolute atomic E-state index is 14.5. The number of amides is 5. The highest BCUT2D eigenvalue weighted by Crippen LogP contribution is 2.35. The number of carbonyl (C=O) groups excluding carboxylic acids is 6. The van der Waals surface area contributed by atoms with Gasteiger partial charge in [0.2, 0.25) is 23.5 Å². The molecular weight excluding hydrogens is 678 g/mol. The smallest absolute Gasteiger partial charge is 0.408 e. The minimum atomic E-state index is -1.18. The van der Waals surface area contributed by atoms with Gasteiger partial charge in [0.25, 0.3) is 5.91 Å². The molecule has 0 bridgehead atoms. The maximum atomic E-state index is 14.5. The Morgan fingerprint density at radius 3 is 2.23 bits per heavy atom. The zero-order chi connectivity index (χ0) is 38.5. The zero-order valence-corrected chi connectivity index (χ0v) is 31.6. The van der Waals surface area contributed by atoms with E-state index in [9.17, 15) is 28.8 Å². The van der Waals surface area contributed by atoms with E-state index in [1.807, 2.05) is 49.4 Å². The summed E-state index contributed by atoms with van der Waals surface area (Å²) in [6.45, 7) is 7.03. The third kappa shape index (κ3) is 11.8. The normalized spacial score (nSPS) is 18.6. The summed E-state index contributed by atoms with van der Waals surface area (Å²) in [5.74, 6) is -3.05. The molecule has 1 heterocycles. The second-order valence-corrected chi connectivity index (χ2v) is 14.9. The van der Waals surface area contributed by atoms with Crippen molar-refractivity contribution < 1.29 is 38.2 Å². The average Bonchev–Trinajstić information content (AvgIpc) is 3.60. The molecule has 1 saturated carbocycles. The fraction of sp³-hybridized carbons (Fsp3) is 0.550. The topological polar surface area (TPSA) is 172 Å². The fourth-order valence-electron chi connectivity index (χ4n) is 7.09. The molecule has 13 heteroatoms. The number of hydrogen-bond donors (Lipinski definition) is 4. The van der Waals surface area contributed by atoms with Gasteiger partial charge in [-0.05, 0) is 64.0 Å². The Morgan fingerprint density at radius 1 is 0.887 bits per heavy atom. The fourth-order valence-corrected chi connectivity index (χ4v) is 7.09. The molecular formula is C40H55N5O8. The van der Waals surface area contributed by atoms with E-state index >= 15 is 0 Å². The number of benzene rings is 2. The molecule has 1 aliphatic heterocycles. The van der Waals surface area contributed by atoms with Gasteiger partial charge in [0.1, 0.15) is 23.4 Å². The lowest BCUT2D eigenvalue weighted by molar-refractivity contribution is -0.143. The van der Waals surface area contributed by atoms with Crippen molar-refractivity contribution in [3.8, 4) is 5.75 Å². The highest BCUT2D eigenvalue weighted by atomic mass is 16.6. The van der Waals surface area contributed by atoms with Crippen molar-refractivity contribution in [1.29, 1.82) is 0 Å². The van der Waals surface area contributed by atoms with Crippen molar-refractivity contribution in [3.63, 3.8) is 0 Å². The van der Waals surface area contributed by atoms with Crippen molar-refractivity contribution in [3.05, 3.63) is 65.7 Å². The predicted octanol–water partition coefficient (Wildman–Crippen LogP) is 4.14. The first kappa shape index (κ1) is 40.8. The van der Waals surface area contributed by atoms with Crippen LogP contribution < -0.4 is 26.0 Å². The molecule has 1 saturated heterocycles. The summed E-state index contributed by atoms with van der Waals surface area (Å²) >= 11 is 0. The molecule has 2 aliphatic rings. The molecule has 5 amide bonds. The standard InChI is InChI=1S/C40H55N5O8/c1-6-15-30(35(47)37(49)42-24-33(46)41-23-28-20-13-14-21-32(28)52-5)43-36(48)31-22-29(26-16-9-7-10-17-26)25-45(31)38(50)34(27-18-11-8-12-19-27)44-39(51)53-40(2,3)4/h7,9-10,13-14,16-17,20-21,27,29-31,34H,6,8,11-12,15,18-19,22-25H2,1-5H3,(H,41,46)(H,42,49)(H,43,48)(H,44,51). The van der Waals surface area contributed by atoms with E-state index in [0.717, 1.165) is 43.2 Å². The number of nitrogens with one attached hydrogen (secondary N) is 4. The number of ether oxygens (including phenoxy) is 2. The molecule has 2 aromatic carbocycles. The van der Waals surface area contributed by atoms with Gasteiger partial charge < -0.3 is 35.6 Å². The van der Waals surface area contributed by atoms with Crippen molar-refractivity contribution in [2.75, 3.05) is 20.2 Å². The van der Waals surface area contributed by atoms with Gasteiger partial charge in [-0.15, -0.1) is 0 Å². The highest BCUT2D eigenvalue weighted by molar-refractivity contribution is 6.38. The Hall–Kier alpha value is -4.94. The van der Waals surface area contributed by atoms with Crippen LogP contribution >= 0.6 is 0 Å². The van der Waals surface area contributed by atoms with Gasteiger partial charge in [-0.25, -0.2) is 4.79 Å². The minimum Gasteiger partial charge on any atom is -0.496 e. The SMILES string of the molecule is CCCC(NC(=O)C1CC(c2ccccc2)CN1C(=O)C(NC(=O)OC(C)(C)C)C1CCCCC1)C(=O)C(=O)NCC(=O)NCc1ccccc1OC. The molecule has 4 rings (SSSR count). The summed E-state index contributed by atoms with van der Waals surface area (Å²) in [6.07, 6.45) is 4.63. The van der Waals surface area contributed by atoms with Gasteiger partial charge in [0.05, 0.1) is 19.7 Å². The number of rotatable bonds is 15. The summed E-state index contributed by atoms with van der Waals surface area (Å²) in [6, 6.07) is 13.7. The lowest BCUT2D eigenvalue weighted by atomic mass is 9.83. The van der Waals surface area contributed by atoms with E-state index in [-0.39, 0.29) is 43.7 Å². The Labute approximate surface area is 312 Å². The molecule has 0 spiro atoms. The third-order valence-corrected chi connectivity index (χ3v) is 9.73. The number of carbonyl (C=O) groups is 6. The van der Waals surface area contributed by atoms with Crippen LogP contribution in [0.5, 0.6) is 5.75 Å². The molecule has 288 valence electrons. The average molecular weight is 734 g/mol. The summed E-state index contributed by atoms with van der Waals surface area (Å²) in [5.41, 5.74) is 0.932. The summed E-state index contributed by atoms with van der Waals surface area (Å²) in [7, 11) is 1.53. The number of para-hydroxylation sites is 1. The second kappa shape index (κ2) is 19.2. The van der Waals surface area contributed by atoms with Crippen LogP contribution in [0.3, 0.4) is 0 Å². The molecule has 2 fully saturated rings. The van der Waals surface area contributed by atoms with Gasteiger partial charge in [-0.3, -0.25) is 24.0 Å². The maximum Gasteiger partial charge on any atom is 0.408 e. The first-order valence-corrected chi connectivity index (χ1v) is 18.7. The second-order valence-electron chi connectivity index (χ2n) is 14.9. The van der Waals surface area contributed by atoms with Crippen LogP contribution in [0.25, 0.3) is 0 Å². The first-order valence-electron chi connectivity index (χ1n) is 18.7. The number of alkyl carbamates (subject to hydrolysis) is 1. The molecule has 4 N–H and O–H groups in total. The third-order valence-electron chi connectivity index (χ3n) is 9.73. The minimum absolute atomic E-state index is 0.131. The molecule has 4 atom stereocenters. The number of Topliss-reactive ketones (excluding diaryl/α,β-unsaturated/α-hetero) is 1. The van der Waals surface area contributed by atoms with Gasteiger partial charge in [0.15, 0.2) is 0 Å². The van der Waals surface area contributed by atoms with Crippen LogP contribution in [0.1, 0.15) is 96.1 Å². The summed E-state index contributed by atoms with van der Waals surface area (Å²) in [5, 5.41) is 10.7. The van der Waals surface area contributed by atoms with Gasteiger partial charge in [-0.1, -0.05) is 81.1 Å². The summed E-state index contributed by atoms with van der Waals surface area (Å²) < 4.78 is 10.8. The van der Waals surface area contributed by atoms with E-state index in [1.165, 1.54) is 12.0 Å². The van der Waals surface area contributed by atoms with E-state index < -0.39 is 59.9 Å². The largest absolute Gasteiger partial charge is 0.496 e. The van der Waals surface area contributed by atoms with E-state index in [4.69, 9.17) is 9.47 Å². The first-order chi connectivity index (χ1) is 25.3. The Bertz CT molecular complexity index is 1590. The Morgan fingerprint density at radius 2 is 1.57 bits per heavy atom. The van der Waals surface area contributed by atoms with Crippen molar-refractivity contribution >= 4 is 35.5 Å². The van der Waals surface area contributed by atoms with Crippen LogP contribution in [0, 0.1) is 5.92 Å². The van der Waals surface area contributed by atoms with Crippen molar-refractivity contribution in [2.45, 2.75) is 115 Å². The van der Waals surface area contributed by atoms with Crippen LogP contribution in [0.15, 0.2) is 54.6 Å².